The Morgan fingerprint density at radius 2 is 1.71 bits per heavy atom. The predicted molar refractivity (Wildman–Crippen MR) is 64.8 cm³/mol. The maximum absolute atomic E-state index is 5.54. The number of ether oxygens (including phenoxy) is 2. The SMILES string of the molecule is CCO[Si](OCC)OCCCCOCC1CO1. The van der Waals surface area contributed by atoms with Gasteiger partial charge in [-0.1, -0.05) is 0 Å². The van der Waals surface area contributed by atoms with Crippen LogP contribution in [0.1, 0.15) is 26.7 Å². The van der Waals surface area contributed by atoms with Crippen molar-refractivity contribution in [2.45, 2.75) is 32.8 Å². The maximum Gasteiger partial charge on any atom is 0.577 e. The summed E-state index contributed by atoms with van der Waals surface area (Å²) in [6, 6.07) is 0. The van der Waals surface area contributed by atoms with E-state index in [0.29, 0.717) is 25.9 Å². The molecule has 0 aromatic rings. The van der Waals surface area contributed by atoms with Crippen molar-refractivity contribution in [3.8, 4) is 0 Å². The van der Waals surface area contributed by atoms with Crippen molar-refractivity contribution in [3.63, 3.8) is 0 Å². The molecule has 1 radical (unpaired) electrons. The molecular formula is C11H23O5Si. The van der Waals surface area contributed by atoms with Gasteiger partial charge < -0.3 is 22.8 Å². The summed E-state index contributed by atoms with van der Waals surface area (Å²) in [5, 5.41) is 0. The van der Waals surface area contributed by atoms with E-state index in [-0.39, 0.29) is 0 Å². The fraction of sp³-hybridized carbons (Fsp3) is 1.00. The van der Waals surface area contributed by atoms with Gasteiger partial charge in [-0.05, 0) is 26.7 Å². The van der Waals surface area contributed by atoms with Gasteiger partial charge in [-0.2, -0.15) is 0 Å². The van der Waals surface area contributed by atoms with E-state index >= 15 is 0 Å². The van der Waals surface area contributed by atoms with Gasteiger partial charge in [-0.15, -0.1) is 0 Å². The van der Waals surface area contributed by atoms with Gasteiger partial charge >= 0.3 is 9.53 Å². The highest BCUT2D eigenvalue weighted by atomic mass is 28.3. The smallest absolute Gasteiger partial charge is 0.379 e. The van der Waals surface area contributed by atoms with Crippen molar-refractivity contribution >= 4 is 9.53 Å². The van der Waals surface area contributed by atoms with E-state index in [9.17, 15) is 0 Å². The van der Waals surface area contributed by atoms with Gasteiger partial charge in [0.05, 0.1) is 13.2 Å². The average molecular weight is 263 g/mol. The van der Waals surface area contributed by atoms with E-state index in [4.69, 9.17) is 22.8 Å². The molecule has 1 unspecified atom stereocenters. The fourth-order valence-corrected chi connectivity index (χ4v) is 2.23. The summed E-state index contributed by atoms with van der Waals surface area (Å²) in [5.74, 6) is 0. The van der Waals surface area contributed by atoms with Gasteiger partial charge in [-0.25, -0.2) is 0 Å². The van der Waals surface area contributed by atoms with Crippen LogP contribution in [0.2, 0.25) is 0 Å². The lowest BCUT2D eigenvalue weighted by molar-refractivity contribution is 0.0885. The second-order valence-electron chi connectivity index (χ2n) is 3.70. The van der Waals surface area contributed by atoms with Crippen LogP contribution < -0.4 is 0 Å². The molecule has 6 heteroatoms. The minimum atomic E-state index is -1.50. The quantitative estimate of drug-likeness (QED) is 0.301. The highest BCUT2D eigenvalue weighted by Gasteiger charge is 2.22. The second-order valence-corrected chi connectivity index (χ2v) is 5.07. The number of hydrogen-bond donors (Lipinski definition) is 0. The first-order valence-corrected chi connectivity index (χ1v) is 7.54. The number of rotatable bonds is 12. The summed E-state index contributed by atoms with van der Waals surface area (Å²) in [6.07, 6.45) is 2.33. The average Bonchev–Trinajstić information content (AvgIpc) is 3.12. The molecule has 1 aliphatic rings. The van der Waals surface area contributed by atoms with Crippen molar-refractivity contribution in [3.05, 3.63) is 0 Å². The van der Waals surface area contributed by atoms with Crippen molar-refractivity contribution in [2.24, 2.45) is 0 Å². The highest BCUT2D eigenvalue weighted by molar-refractivity contribution is 6.36. The Morgan fingerprint density at radius 1 is 1.06 bits per heavy atom. The molecule has 0 N–H and O–H groups in total. The van der Waals surface area contributed by atoms with Gasteiger partial charge in [-0.3, -0.25) is 0 Å². The van der Waals surface area contributed by atoms with E-state index in [1.54, 1.807) is 0 Å². The van der Waals surface area contributed by atoms with Crippen LogP contribution >= 0.6 is 0 Å². The van der Waals surface area contributed by atoms with Gasteiger partial charge in [0.1, 0.15) is 6.10 Å². The van der Waals surface area contributed by atoms with Gasteiger partial charge in [0, 0.05) is 26.4 Å². The summed E-state index contributed by atoms with van der Waals surface area (Å²) in [5.41, 5.74) is 0. The van der Waals surface area contributed by atoms with Crippen LogP contribution in [0.3, 0.4) is 0 Å². The van der Waals surface area contributed by atoms with Crippen molar-refractivity contribution in [1.82, 2.24) is 0 Å². The van der Waals surface area contributed by atoms with E-state index in [0.717, 1.165) is 32.7 Å². The third-order valence-corrected chi connectivity index (χ3v) is 3.62. The van der Waals surface area contributed by atoms with Crippen molar-refractivity contribution in [1.29, 1.82) is 0 Å². The standard InChI is InChI=1S/C11H23O5Si/c1-3-14-17(15-4-2)16-8-6-5-7-12-9-11-10-13-11/h11H,3-10H2,1-2H3. The molecular weight excluding hydrogens is 240 g/mol. The molecule has 1 heterocycles. The molecule has 0 aliphatic carbocycles. The van der Waals surface area contributed by atoms with Crippen LogP contribution in [-0.4, -0.2) is 55.3 Å². The molecule has 0 saturated carbocycles. The molecule has 0 aromatic heterocycles. The molecule has 1 saturated heterocycles. The van der Waals surface area contributed by atoms with Crippen LogP contribution in [0.5, 0.6) is 0 Å². The van der Waals surface area contributed by atoms with Gasteiger partial charge in [0.25, 0.3) is 0 Å². The van der Waals surface area contributed by atoms with E-state index in [1.807, 2.05) is 13.8 Å². The molecule has 0 spiro atoms. The Labute approximate surface area is 105 Å². The molecule has 1 aliphatic heterocycles. The molecule has 1 atom stereocenters. The first-order valence-electron chi connectivity index (χ1n) is 6.31. The van der Waals surface area contributed by atoms with Gasteiger partial charge in [0.2, 0.25) is 0 Å². The van der Waals surface area contributed by atoms with Crippen LogP contribution in [0.15, 0.2) is 0 Å². The normalized spacial score (nSPS) is 18.9. The van der Waals surface area contributed by atoms with Crippen LogP contribution in [0.4, 0.5) is 0 Å². The first-order chi connectivity index (χ1) is 8.36. The Kier molecular flexibility index (Phi) is 8.86. The first kappa shape index (κ1) is 15.1. The third kappa shape index (κ3) is 8.70. The fourth-order valence-electron chi connectivity index (χ4n) is 1.20. The van der Waals surface area contributed by atoms with E-state index in [1.165, 1.54) is 0 Å². The molecule has 1 fully saturated rings. The lowest BCUT2D eigenvalue weighted by Gasteiger charge is -2.12. The van der Waals surface area contributed by atoms with Crippen LogP contribution in [-0.2, 0) is 22.8 Å². The lowest BCUT2D eigenvalue weighted by atomic mass is 10.3. The molecule has 0 aromatic carbocycles. The summed E-state index contributed by atoms with van der Waals surface area (Å²) < 4.78 is 26.7. The van der Waals surface area contributed by atoms with Crippen LogP contribution in [0, 0.1) is 0 Å². The molecule has 1 rings (SSSR count). The third-order valence-electron chi connectivity index (χ3n) is 2.13. The molecule has 0 bridgehead atoms. The van der Waals surface area contributed by atoms with Crippen molar-refractivity contribution in [2.75, 3.05) is 39.6 Å². The maximum atomic E-state index is 5.54. The number of epoxide rings is 1. The van der Waals surface area contributed by atoms with E-state index < -0.39 is 9.53 Å². The van der Waals surface area contributed by atoms with Gasteiger partial charge in [0.15, 0.2) is 0 Å². The Morgan fingerprint density at radius 3 is 2.29 bits per heavy atom. The van der Waals surface area contributed by atoms with Crippen LogP contribution in [0.25, 0.3) is 0 Å². The summed E-state index contributed by atoms with van der Waals surface area (Å²) in [6.45, 7) is 8.21. The minimum Gasteiger partial charge on any atom is -0.379 e. The number of unbranched alkanes of at least 4 members (excludes halogenated alkanes) is 1. The zero-order valence-electron chi connectivity index (χ0n) is 10.8. The summed E-state index contributed by atoms with van der Waals surface area (Å²) in [7, 11) is -1.50. The zero-order chi connectivity index (χ0) is 12.3. The zero-order valence-corrected chi connectivity index (χ0v) is 11.8. The molecule has 17 heavy (non-hydrogen) atoms. The Hall–Kier alpha value is 0.0169. The summed E-state index contributed by atoms with van der Waals surface area (Å²) in [4.78, 5) is 0. The van der Waals surface area contributed by atoms with Crippen molar-refractivity contribution < 1.29 is 22.8 Å². The molecule has 101 valence electrons. The predicted octanol–water partition coefficient (Wildman–Crippen LogP) is 1.26. The number of hydrogen-bond acceptors (Lipinski definition) is 5. The lowest BCUT2D eigenvalue weighted by Crippen LogP contribution is -2.27. The molecule has 0 amide bonds. The topological polar surface area (TPSA) is 49.5 Å². The second kappa shape index (κ2) is 9.99. The minimum absolute atomic E-state index is 0.358. The highest BCUT2D eigenvalue weighted by Crippen LogP contribution is 2.08. The largest absolute Gasteiger partial charge is 0.577 e. The Balaban J connectivity index is 1.82. The Bertz CT molecular complexity index is 171. The summed E-state index contributed by atoms with van der Waals surface area (Å²) >= 11 is 0. The van der Waals surface area contributed by atoms with E-state index in [2.05, 4.69) is 0 Å². The molecule has 5 nitrogen and oxygen atoms in total. The monoisotopic (exact) mass is 263 g/mol.